The Balaban J connectivity index is 1.81. The van der Waals surface area contributed by atoms with Gasteiger partial charge in [-0.15, -0.1) is 0 Å². The second kappa shape index (κ2) is 6.29. The van der Waals surface area contributed by atoms with Gasteiger partial charge in [0.1, 0.15) is 17.8 Å². The van der Waals surface area contributed by atoms with Crippen molar-refractivity contribution < 1.29 is 13.3 Å². The van der Waals surface area contributed by atoms with E-state index < -0.39 is 11.6 Å². The standard InChI is InChI=1S/C16H16F2N4O/c1-10(19-8-13-5-6-23-21-13)14-9-20-22(11(14)2)16-4-3-12(17)7-15(16)18/h3-7,9-10,19H,8H2,1-2H3. The molecule has 0 aliphatic heterocycles. The third-order valence-corrected chi connectivity index (χ3v) is 3.73. The van der Waals surface area contributed by atoms with E-state index in [4.69, 9.17) is 4.52 Å². The molecule has 7 heteroatoms. The van der Waals surface area contributed by atoms with E-state index in [2.05, 4.69) is 15.6 Å². The molecule has 1 aromatic carbocycles. The van der Waals surface area contributed by atoms with Gasteiger partial charge < -0.3 is 9.84 Å². The maximum atomic E-state index is 13.9. The first-order chi connectivity index (χ1) is 11.1. The van der Waals surface area contributed by atoms with Gasteiger partial charge in [-0.2, -0.15) is 5.10 Å². The molecule has 0 spiro atoms. The molecule has 23 heavy (non-hydrogen) atoms. The van der Waals surface area contributed by atoms with E-state index in [0.717, 1.165) is 23.0 Å². The summed E-state index contributed by atoms with van der Waals surface area (Å²) < 4.78 is 33.2. The molecular weight excluding hydrogens is 302 g/mol. The lowest BCUT2D eigenvalue weighted by Crippen LogP contribution is -2.18. The van der Waals surface area contributed by atoms with Gasteiger partial charge >= 0.3 is 0 Å². The smallest absolute Gasteiger partial charge is 0.151 e. The van der Waals surface area contributed by atoms with Gasteiger partial charge in [-0.1, -0.05) is 5.16 Å². The molecule has 0 aliphatic carbocycles. The van der Waals surface area contributed by atoms with Crippen molar-refractivity contribution in [3.63, 3.8) is 0 Å². The zero-order valence-corrected chi connectivity index (χ0v) is 12.8. The Labute approximate surface area is 131 Å². The summed E-state index contributed by atoms with van der Waals surface area (Å²) >= 11 is 0. The van der Waals surface area contributed by atoms with E-state index in [-0.39, 0.29) is 11.7 Å². The molecule has 0 fully saturated rings. The van der Waals surface area contributed by atoms with Crippen LogP contribution in [0.1, 0.15) is 29.9 Å². The van der Waals surface area contributed by atoms with Crippen molar-refractivity contribution in [2.45, 2.75) is 26.4 Å². The van der Waals surface area contributed by atoms with Crippen LogP contribution in [0.15, 0.2) is 41.2 Å². The fraction of sp³-hybridized carbons (Fsp3) is 0.250. The first-order valence-corrected chi connectivity index (χ1v) is 7.19. The Morgan fingerprint density at radius 3 is 2.83 bits per heavy atom. The minimum Gasteiger partial charge on any atom is -0.364 e. The van der Waals surface area contributed by atoms with Crippen LogP contribution in [-0.4, -0.2) is 14.9 Å². The monoisotopic (exact) mass is 318 g/mol. The lowest BCUT2D eigenvalue weighted by molar-refractivity contribution is 0.406. The summed E-state index contributed by atoms with van der Waals surface area (Å²) in [5, 5.41) is 11.4. The highest BCUT2D eigenvalue weighted by atomic mass is 19.1. The highest BCUT2D eigenvalue weighted by Gasteiger charge is 2.16. The maximum absolute atomic E-state index is 13.9. The number of hydrogen-bond donors (Lipinski definition) is 1. The van der Waals surface area contributed by atoms with Gasteiger partial charge in [0, 0.05) is 36.0 Å². The minimum atomic E-state index is -0.647. The molecule has 0 saturated carbocycles. The third kappa shape index (κ3) is 3.14. The summed E-state index contributed by atoms with van der Waals surface area (Å²) in [5.74, 6) is -1.26. The molecule has 1 N–H and O–H groups in total. The molecular formula is C16H16F2N4O. The second-order valence-electron chi connectivity index (χ2n) is 5.29. The lowest BCUT2D eigenvalue weighted by Gasteiger charge is -2.13. The quantitative estimate of drug-likeness (QED) is 0.784. The van der Waals surface area contributed by atoms with E-state index in [1.807, 2.05) is 13.8 Å². The van der Waals surface area contributed by atoms with Crippen molar-refractivity contribution in [2.75, 3.05) is 0 Å². The molecule has 5 nitrogen and oxygen atoms in total. The van der Waals surface area contributed by atoms with Crippen molar-refractivity contribution in [3.8, 4) is 5.69 Å². The molecule has 1 unspecified atom stereocenters. The predicted octanol–water partition coefficient (Wildman–Crippen LogP) is 3.30. The van der Waals surface area contributed by atoms with Gasteiger partial charge in [-0.3, -0.25) is 0 Å². The molecule has 1 atom stereocenters. The Bertz CT molecular complexity index is 799. The SMILES string of the molecule is Cc1c(C(C)NCc2ccon2)cnn1-c1ccc(F)cc1F. The van der Waals surface area contributed by atoms with Gasteiger partial charge in [-0.25, -0.2) is 13.5 Å². The lowest BCUT2D eigenvalue weighted by atomic mass is 10.1. The average Bonchev–Trinajstić information content (AvgIpc) is 3.15. The molecule has 0 bridgehead atoms. The normalized spacial score (nSPS) is 12.5. The van der Waals surface area contributed by atoms with E-state index in [1.165, 1.54) is 23.1 Å². The van der Waals surface area contributed by atoms with Crippen molar-refractivity contribution in [3.05, 3.63) is 65.3 Å². The number of nitrogens with zero attached hydrogens (tertiary/aromatic N) is 3. The number of aromatic nitrogens is 3. The van der Waals surface area contributed by atoms with Gasteiger partial charge in [0.25, 0.3) is 0 Å². The summed E-state index contributed by atoms with van der Waals surface area (Å²) in [6.45, 7) is 4.38. The summed E-state index contributed by atoms with van der Waals surface area (Å²) in [6, 6.07) is 5.21. The van der Waals surface area contributed by atoms with E-state index >= 15 is 0 Å². The Hall–Kier alpha value is -2.54. The zero-order chi connectivity index (χ0) is 16.4. The van der Waals surface area contributed by atoms with Crippen molar-refractivity contribution in [1.29, 1.82) is 0 Å². The highest BCUT2D eigenvalue weighted by Crippen LogP contribution is 2.22. The van der Waals surface area contributed by atoms with Gasteiger partial charge in [0.05, 0.1) is 11.9 Å². The van der Waals surface area contributed by atoms with Crippen LogP contribution < -0.4 is 5.32 Å². The largest absolute Gasteiger partial charge is 0.364 e. The molecule has 3 rings (SSSR count). The summed E-state index contributed by atoms with van der Waals surface area (Å²) in [6.07, 6.45) is 3.20. The third-order valence-electron chi connectivity index (χ3n) is 3.73. The minimum absolute atomic E-state index is 0.0102. The van der Waals surface area contributed by atoms with Crippen LogP contribution in [0.5, 0.6) is 0 Å². The summed E-state index contributed by atoms with van der Waals surface area (Å²) in [7, 11) is 0. The fourth-order valence-electron chi connectivity index (χ4n) is 2.44. The van der Waals surface area contributed by atoms with Gasteiger partial charge in [0.2, 0.25) is 0 Å². The van der Waals surface area contributed by atoms with E-state index in [9.17, 15) is 8.78 Å². The fourth-order valence-corrected chi connectivity index (χ4v) is 2.44. The Kier molecular flexibility index (Phi) is 4.20. The second-order valence-corrected chi connectivity index (χ2v) is 5.29. The van der Waals surface area contributed by atoms with Crippen LogP contribution in [0.3, 0.4) is 0 Å². The molecule has 120 valence electrons. The summed E-state index contributed by atoms with van der Waals surface area (Å²) in [5.41, 5.74) is 2.73. The molecule has 2 aromatic heterocycles. The Morgan fingerprint density at radius 1 is 1.30 bits per heavy atom. The predicted molar refractivity (Wildman–Crippen MR) is 80.0 cm³/mol. The van der Waals surface area contributed by atoms with Crippen LogP contribution in [-0.2, 0) is 6.54 Å². The number of nitrogens with one attached hydrogen (secondary N) is 1. The topological polar surface area (TPSA) is 55.9 Å². The number of rotatable bonds is 5. The van der Waals surface area contributed by atoms with E-state index in [1.54, 1.807) is 12.3 Å². The number of hydrogen-bond acceptors (Lipinski definition) is 4. The number of halogens is 2. The first-order valence-electron chi connectivity index (χ1n) is 7.19. The van der Waals surface area contributed by atoms with Crippen molar-refractivity contribution in [2.24, 2.45) is 0 Å². The molecule has 0 saturated heterocycles. The molecule has 0 amide bonds. The molecule has 3 aromatic rings. The van der Waals surface area contributed by atoms with Crippen molar-refractivity contribution in [1.82, 2.24) is 20.3 Å². The van der Waals surface area contributed by atoms with Crippen LogP contribution in [0.25, 0.3) is 5.69 Å². The van der Waals surface area contributed by atoms with Gasteiger partial charge in [0.15, 0.2) is 5.82 Å². The molecule has 0 aliphatic rings. The summed E-state index contributed by atoms with van der Waals surface area (Å²) in [4.78, 5) is 0. The highest BCUT2D eigenvalue weighted by molar-refractivity contribution is 5.37. The molecule has 0 radical (unpaired) electrons. The zero-order valence-electron chi connectivity index (χ0n) is 12.8. The van der Waals surface area contributed by atoms with Crippen LogP contribution in [0.4, 0.5) is 8.78 Å². The first kappa shape index (κ1) is 15.4. The Morgan fingerprint density at radius 2 is 2.13 bits per heavy atom. The molecule has 2 heterocycles. The van der Waals surface area contributed by atoms with Crippen molar-refractivity contribution >= 4 is 0 Å². The average molecular weight is 318 g/mol. The van der Waals surface area contributed by atoms with E-state index in [0.29, 0.717) is 6.54 Å². The van der Waals surface area contributed by atoms with Crippen LogP contribution in [0.2, 0.25) is 0 Å². The van der Waals surface area contributed by atoms with Gasteiger partial charge in [-0.05, 0) is 26.0 Å². The van der Waals surface area contributed by atoms with Crippen LogP contribution >= 0.6 is 0 Å². The maximum Gasteiger partial charge on any atom is 0.151 e. The number of benzene rings is 1. The van der Waals surface area contributed by atoms with Crippen LogP contribution in [0, 0.1) is 18.6 Å².